The number of aliphatic hydroxyl groups is 1. The van der Waals surface area contributed by atoms with Crippen LogP contribution in [0, 0.1) is 0 Å². The molecule has 0 radical (unpaired) electrons. The van der Waals surface area contributed by atoms with Crippen LogP contribution in [-0.4, -0.2) is 23.3 Å². The van der Waals surface area contributed by atoms with E-state index in [9.17, 15) is 9.90 Å². The average Bonchev–Trinajstić information content (AvgIpc) is 2.87. The van der Waals surface area contributed by atoms with E-state index in [1.165, 1.54) is 0 Å². The molecule has 0 bridgehead atoms. The molecule has 2 unspecified atom stereocenters. The standard InChI is InChI=1S/C19H20O4/c1-3-18(17(20)22-4-2)19(21,14-10-6-5-7-11-14)15-12-8-9-13-16(15)23-18/h5-13,21H,3-4H2,1-2H3. The number of benzene rings is 2. The Kier molecular flexibility index (Phi) is 3.86. The highest BCUT2D eigenvalue weighted by atomic mass is 16.6. The van der Waals surface area contributed by atoms with Gasteiger partial charge in [-0.15, -0.1) is 0 Å². The zero-order valence-corrected chi connectivity index (χ0v) is 13.3. The van der Waals surface area contributed by atoms with E-state index < -0.39 is 17.2 Å². The van der Waals surface area contributed by atoms with Crippen molar-refractivity contribution in [3.8, 4) is 5.75 Å². The van der Waals surface area contributed by atoms with Crippen LogP contribution in [-0.2, 0) is 15.1 Å². The first-order chi connectivity index (χ1) is 11.1. The average molecular weight is 312 g/mol. The van der Waals surface area contributed by atoms with Crippen LogP contribution < -0.4 is 4.74 Å². The lowest BCUT2D eigenvalue weighted by Gasteiger charge is -2.38. The number of hydrogen-bond donors (Lipinski definition) is 1. The van der Waals surface area contributed by atoms with Gasteiger partial charge in [0.15, 0.2) is 5.60 Å². The van der Waals surface area contributed by atoms with Crippen LogP contribution in [0.2, 0.25) is 0 Å². The molecule has 120 valence electrons. The number of carbonyl (C=O) groups is 1. The number of para-hydroxylation sites is 1. The fourth-order valence-electron chi connectivity index (χ4n) is 3.31. The highest BCUT2D eigenvalue weighted by Gasteiger charge is 2.65. The normalized spacial score (nSPS) is 25.5. The molecule has 2 aromatic rings. The molecule has 3 rings (SSSR count). The van der Waals surface area contributed by atoms with Gasteiger partial charge in [-0.05, 0) is 25.0 Å². The van der Waals surface area contributed by atoms with Crippen LogP contribution in [0.1, 0.15) is 31.4 Å². The number of ether oxygens (including phenoxy) is 2. The maximum Gasteiger partial charge on any atom is 0.354 e. The fraction of sp³-hybridized carbons (Fsp3) is 0.316. The second-order valence-corrected chi connectivity index (χ2v) is 5.58. The van der Waals surface area contributed by atoms with Crippen molar-refractivity contribution in [1.82, 2.24) is 0 Å². The molecule has 23 heavy (non-hydrogen) atoms. The van der Waals surface area contributed by atoms with Crippen LogP contribution in [0.25, 0.3) is 0 Å². The first-order valence-corrected chi connectivity index (χ1v) is 7.83. The van der Waals surface area contributed by atoms with Crippen molar-refractivity contribution in [3.63, 3.8) is 0 Å². The Hall–Kier alpha value is -2.33. The van der Waals surface area contributed by atoms with Crippen molar-refractivity contribution >= 4 is 5.97 Å². The number of carbonyl (C=O) groups excluding carboxylic acids is 1. The molecular weight excluding hydrogens is 292 g/mol. The van der Waals surface area contributed by atoms with Gasteiger partial charge in [0, 0.05) is 5.56 Å². The maximum atomic E-state index is 12.7. The molecule has 0 spiro atoms. The van der Waals surface area contributed by atoms with Gasteiger partial charge in [0.2, 0.25) is 5.60 Å². The highest BCUT2D eigenvalue weighted by molar-refractivity contribution is 5.85. The number of hydrogen-bond acceptors (Lipinski definition) is 4. The number of fused-ring (bicyclic) bond motifs is 1. The van der Waals surface area contributed by atoms with E-state index in [1.54, 1.807) is 31.2 Å². The molecule has 4 nitrogen and oxygen atoms in total. The third-order valence-corrected chi connectivity index (χ3v) is 4.44. The van der Waals surface area contributed by atoms with E-state index in [0.717, 1.165) is 0 Å². The molecule has 0 aliphatic carbocycles. The van der Waals surface area contributed by atoms with E-state index in [4.69, 9.17) is 9.47 Å². The minimum atomic E-state index is -1.59. The largest absolute Gasteiger partial charge is 0.471 e. The lowest BCUT2D eigenvalue weighted by molar-refractivity contribution is -0.179. The highest BCUT2D eigenvalue weighted by Crippen LogP contribution is 2.53. The molecule has 1 heterocycles. The van der Waals surface area contributed by atoms with Gasteiger partial charge in [0.1, 0.15) is 5.75 Å². The molecule has 1 aliphatic rings. The Morgan fingerprint density at radius 3 is 2.39 bits per heavy atom. The lowest BCUT2D eigenvalue weighted by atomic mass is 9.73. The van der Waals surface area contributed by atoms with Crippen molar-refractivity contribution in [2.24, 2.45) is 0 Å². The van der Waals surface area contributed by atoms with Gasteiger partial charge in [0.25, 0.3) is 0 Å². The van der Waals surface area contributed by atoms with Gasteiger partial charge in [-0.1, -0.05) is 55.5 Å². The van der Waals surface area contributed by atoms with Gasteiger partial charge >= 0.3 is 5.97 Å². The van der Waals surface area contributed by atoms with Gasteiger partial charge in [-0.3, -0.25) is 0 Å². The van der Waals surface area contributed by atoms with Crippen molar-refractivity contribution in [2.45, 2.75) is 31.5 Å². The Balaban J connectivity index is 2.26. The van der Waals surface area contributed by atoms with E-state index in [0.29, 0.717) is 16.9 Å². The summed E-state index contributed by atoms with van der Waals surface area (Å²) in [6, 6.07) is 16.3. The van der Waals surface area contributed by atoms with Crippen molar-refractivity contribution in [3.05, 3.63) is 65.7 Å². The Labute approximate surface area is 135 Å². The topological polar surface area (TPSA) is 55.8 Å². The van der Waals surface area contributed by atoms with E-state index >= 15 is 0 Å². The van der Waals surface area contributed by atoms with E-state index in [-0.39, 0.29) is 13.0 Å². The van der Waals surface area contributed by atoms with Crippen molar-refractivity contribution < 1.29 is 19.4 Å². The Morgan fingerprint density at radius 1 is 1.09 bits per heavy atom. The summed E-state index contributed by atoms with van der Waals surface area (Å²) in [6.07, 6.45) is 0.284. The summed E-state index contributed by atoms with van der Waals surface area (Å²) in [5.74, 6) is -0.0428. The minimum absolute atomic E-state index is 0.227. The van der Waals surface area contributed by atoms with Gasteiger partial charge in [-0.25, -0.2) is 4.79 Å². The van der Waals surface area contributed by atoms with Gasteiger partial charge in [-0.2, -0.15) is 0 Å². The van der Waals surface area contributed by atoms with E-state index in [2.05, 4.69) is 0 Å². The minimum Gasteiger partial charge on any atom is -0.471 e. The van der Waals surface area contributed by atoms with Crippen LogP contribution in [0.15, 0.2) is 54.6 Å². The molecule has 2 aromatic carbocycles. The zero-order chi connectivity index (χ0) is 16.5. The summed E-state index contributed by atoms with van der Waals surface area (Å²) >= 11 is 0. The first kappa shape index (κ1) is 15.6. The van der Waals surface area contributed by atoms with E-state index in [1.807, 2.05) is 37.3 Å². The number of esters is 1. The first-order valence-electron chi connectivity index (χ1n) is 7.83. The molecule has 0 saturated carbocycles. The smallest absolute Gasteiger partial charge is 0.354 e. The third kappa shape index (κ3) is 2.05. The molecule has 0 amide bonds. The molecular formula is C19H20O4. The summed E-state index contributed by atoms with van der Waals surface area (Å²) in [4.78, 5) is 12.7. The second-order valence-electron chi connectivity index (χ2n) is 5.58. The lowest BCUT2D eigenvalue weighted by Crippen LogP contribution is -2.58. The molecule has 1 aliphatic heterocycles. The van der Waals surface area contributed by atoms with Gasteiger partial charge in [0.05, 0.1) is 6.61 Å². The molecule has 0 aromatic heterocycles. The van der Waals surface area contributed by atoms with Crippen LogP contribution in [0.4, 0.5) is 0 Å². The van der Waals surface area contributed by atoms with Crippen molar-refractivity contribution in [2.75, 3.05) is 6.61 Å². The quantitative estimate of drug-likeness (QED) is 0.882. The number of rotatable bonds is 4. The zero-order valence-electron chi connectivity index (χ0n) is 13.3. The molecule has 0 saturated heterocycles. The molecule has 1 N–H and O–H groups in total. The summed E-state index contributed by atoms with van der Waals surface area (Å²) in [5, 5.41) is 11.7. The third-order valence-electron chi connectivity index (χ3n) is 4.44. The monoisotopic (exact) mass is 312 g/mol. The van der Waals surface area contributed by atoms with Crippen LogP contribution >= 0.6 is 0 Å². The predicted molar refractivity (Wildman–Crippen MR) is 86.2 cm³/mol. The summed E-state index contributed by atoms with van der Waals surface area (Å²) < 4.78 is 11.2. The predicted octanol–water partition coefficient (Wildman–Crippen LogP) is 3.03. The Bertz CT molecular complexity index is 712. The summed E-state index contributed by atoms with van der Waals surface area (Å²) in [6.45, 7) is 3.78. The fourth-order valence-corrected chi connectivity index (χ4v) is 3.31. The summed E-state index contributed by atoms with van der Waals surface area (Å²) in [5.41, 5.74) is -1.89. The second kappa shape index (κ2) is 5.70. The summed E-state index contributed by atoms with van der Waals surface area (Å²) in [7, 11) is 0. The van der Waals surface area contributed by atoms with Crippen LogP contribution in [0.3, 0.4) is 0 Å². The molecule has 2 atom stereocenters. The molecule has 4 heteroatoms. The van der Waals surface area contributed by atoms with Gasteiger partial charge < -0.3 is 14.6 Å². The van der Waals surface area contributed by atoms with Crippen molar-refractivity contribution in [1.29, 1.82) is 0 Å². The van der Waals surface area contributed by atoms with Crippen LogP contribution in [0.5, 0.6) is 5.75 Å². The Morgan fingerprint density at radius 2 is 1.74 bits per heavy atom. The molecule has 0 fully saturated rings. The SMILES string of the molecule is CCOC(=O)C1(CC)Oc2ccccc2C1(O)c1ccccc1. The maximum absolute atomic E-state index is 12.7.